The molecule has 2 atom stereocenters. The molecule has 20 heavy (non-hydrogen) atoms. The molecule has 2 fully saturated rings. The lowest BCUT2D eigenvalue weighted by molar-refractivity contribution is -0.149. The van der Waals surface area contributed by atoms with Crippen molar-refractivity contribution in [1.29, 1.82) is 0 Å². The first-order chi connectivity index (χ1) is 9.69. The molecule has 3 rings (SSSR count). The summed E-state index contributed by atoms with van der Waals surface area (Å²) < 4.78 is 11.6. The number of ether oxygens (including phenoxy) is 2. The van der Waals surface area contributed by atoms with Gasteiger partial charge >= 0.3 is 0 Å². The number of nitrogens with two attached hydrogens (primary N) is 1. The van der Waals surface area contributed by atoms with Gasteiger partial charge in [0.25, 0.3) is 0 Å². The third-order valence-corrected chi connectivity index (χ3v) is 4.76. The summed E-state index contributed by atoms with van der Waals surface area (Å²) in [5.41, 5.74) is 8.67. The van der Waals surface area contributed by atoms with Crippen LogP contribution < -0.4 is 5.73 Å². The predicted molar refractivity (Wildman–Crippen MR) is 77.4 cm³/mol. The maximum absolute atomic E-state index is 6.48. The number of nitrogens with zero attached hydrogens (tertiary/aromatic N) is 1. The molecule has 2 aliphatic rings. The molecular formula is C16H24N2O2. The van der Waals surface area contributed by atoms with Crippen LogP contribution in [0.2, 0.25) is 0 Å². The maximum atomic E-state index is 6.48. The summed E-state index contributed by atoms with van der Waals surface area (Å²) in [6.45, 7) is 4.44. The summed E-state index contributed by atoms with van der Waals surface area (Å²) in [5.74, 6) is 0.478. The fourth-order valence-corrected chi connectivity index (χ4v) is 3.41. The lowest BCUT2D eigenvalue weighted by Crippen LogP contribution is -2.46. The average molecular weight is 276 g/mol. The smallest absolute Gasteiger partial charge is 0.0729 e. The average Bonchev–Trinajstić information content (AvgIpc) is 2.48. The van der Waals surface area contributed by atoms with Crippen molar-refractivity contribution in [3.63, 3.8) is 0 Å². The van der Waals surface area contributed by atoms with Crippen LogP contribution in [0.4, 0.5) is 0 Å². The number of pyridine rings is 1. The Balaban J connectivity index is 1.71. The molecule has 0 amide bonds. The molecule has 1 spiro atoms. The van der Waals surface area contributed by atoms with Crippen molar-refractivity contribution >= 4 is 0 Å². The van der Waals surface area contributed by atoms with E-state index >= 15 is 0 Å². The number of aromatic nitrogens is 1. The largest absolute Gasteiger partial charge is 0.381 e. The van der Waals surface area contributed by atoms with Gasteiger partial charge in [-0.1, -0.05) is 6.07 Å². The van der Waals surface area contributed by atoms with E-state index in [2.05, 4.69) is 11.1 Å². The van der Waals surface area contributed by atoms with E-state index in [0.29, 0.717) is 5.92 Å². The SMILES string of the molecule is Cc1ccc(C(N)C2CCOC3(CCOCC3)C2)cn1. The van der Waals surface area contributed by atoms with E-state index in [1.807, 2.05) is 19.2 Å². The van der Waals surface area contributed by atoms with Crippen molar-refractivity contribution in [2.45, 2.75) is 44.2 Å². The van der Waals surface area contributed by atoms with Gasteiger partial charge in [0.05, 0.1) is 5.60 Å². The van der Waals surface area contributed by atoms with Crippen molar-refractivity contribution in [1.82, 2.24) is 4.98 Å². The zero-order valence-electron chi connectivity index (χ0n) is 12.2. The third kappa shape index (κ3) is 2.87. The minimum atomic E-state index is 0.0108. The Hall–Kier alpha value is -0.970. The van der Waals surface area contributed by atoms with Crippen LogP contribution in [-0.4, -0.2) is 30.4 Å². The first-order valence-electron chi connectivity index (χ1n) is 7.58. The van der Waals surface area contributed by atoms with Crippen LogP contribution in [0.3, 0.4) is 0 Å². The van der Waals surface area contributed by atoms with Crippen LogP contribution in [0.15, 0.2) is 18.3 Å². The van der Waals surface area contributed by atoms with Crippen LogP contribution in [-0.2, 0) is 9.47 Å². The van der Waals surface area contributed by atoms with E-state index in [9.17, 15) is 0 Å². The van der Waals surface area contributed by atoms with Gasteiger partial charge in [-0.2, -0.15) is 0 Å². The molecule has 3 heterocycles. The highest BCUT2D eigenvalue weighted by molar-refractivity contribution is 5.18. The molecule has 0 radical (unpaired) electrons. The van der Waals surface area contributed by atoms with Gasteiger partial charge in [-0.05, 0) is 50.2 Å². The van der Waals surface area contributed by atoms with Crippen LogP contribution >= 0.6 is 0 Å². The Morgan fingerprint density at radius 1 is 1.30 bits per heavy atom. The van der Waals surface area contributed by atoms with Gasteiger partial charge in [0.2, 0.25) is 0 Å². The van der Waals surface area contributed by atoms with E-state index in [1.165, 1.54) is 0 Å². The molecule has 0 aliphatic carbocycles. The number of rotatable bonds is 2. The van der Waals surface area contributed by atoms with Crippen LogP contribution in [0.25, 0.3) is 0 Å². The fraction of sp³-hybridized carbons (Fsp3) is 0.688. The second-order valence-electron chi connectivity index (χ2n) is 6.16. The van der Waals surface area contributed by atoms with E-state index in [0.717, 1.165) is 56.8 Å². The molecule has 2 aliphatic heterocycles. The van der Waals surface area contributed by atoms with Crippen LogP contribution in [0.1, 0.15) is 43.0 Å². The second-order valence-corrected chi connectivity index (χ2v) is 6.16. The number of hydrogen-bond donors (Lipinski definition) is 1. The quantitative estimate of drug-likeness (QED) is 0.901. The van der Waals surface area contributed by atoms with E-state index in [4.69, 9.17) is 15.2 Å². The molecule has 110 valence electrons. The van der Waals surface area contributed by atoms with E-state index in [1.54, 1.807) is 0 Å². The Morgan fingerprint density at radius 3 is 2.80 bits per heavy atom. The van der Waals surface area contributed by atoms with Gasteiger partial charge in [0, 0.05) is 37.8 Å². The molecule has 2 unspecified atom stereocenters. The van der Waals surface area contributed by atoms with E-state index < -0.39 is 0 Å². The summed E-state index contributed by atoms with van der Waals surface area (Å²) >= 11 is 0. The van der Waals surface area contributed by atoms with Gasteiger partial charge in [-0.3, -0.25) is 4.98 Å². The first-order valence-corrected chi connectivity index (χ1v) is 7.58. The van der Waals surface area contributed by atoms with Gasteiger partial charge in [0.1, 0.15) is 0 Å². The fourth-order valence-electron chi connectivity index (χ4n) is 3.41. The molecule has 4 nitrogen and oxygen atoms in total. The minimum absolute atomic E-state index is 0.0108. The zero-order chi connectivity index (χ0) is 14.0. The highest BCUT2D eigenvalue weighted by Gasteiger charge is 2.40. The highest BCUT2D eigenvalue weighted by Crippen LogP contribution is 2.40. The maximum Gasteiger partial charge on any atom is 0.0729 e. The highest BCUT2D eigenvalue weighted by atomic mass is 16.5. The van der Waals surface area contributed by atoms with Crippen LogP contribution in [0, 0.1) is 12.8 Å². The minimum Gasteiger partial charge on any atom is -0.381 e. The molecule has 0 bridgehead atoms. The van der Waals surface area contributed by atoms with Gasteiger partial charge in [-0.15, -0.1) is 0 Å². The van der Waals surface area contributed by atoms with Gasteiger partial charge < -0.3 is 15.2 Å². The molecule has 2 N–H and O–H groups in total. The lowest BCUT2D eigenvalue weighted by atomic mass is 9.76. The molecule has 2 saturated heterocycles. The zero-order valence-corrected chi connectivity index (χ0v) is 12.2. The number of hydrogen-bond acceptors (Lipinski definition) is 4. The molecule has 0 saturated carbocycles. The monoisotopic (exact) mass is 276 g/mol. The van der Waals surface area contributed by atoms with Crippen molar-refractivity contribution in [2.75, 3.05) is 19.8 Å². The van der Waals surface area contributed by atoms with Gasteiger partial charge in [0.15, 0.2) is 0 Å². The predicted octanol–water partition coefficient (Wildman–Crippen LogP) is 2.37. The summed E-state index contributed by atoms with van der Waals surface area (Å²) in [6.07, 6.45) is 6.01. The third-order valence-electron chi connectivity index (χ3n) is 4.76. The van der Waals surface area contributed by atoms with Crippen LogP contribution in [0.5, 0.6) is 0 Å². The van der Waals surface area contributed by atoms with E-state index in [-0.39, 0.29) is 11.6 Å². The van der Waals surface area contributed by atoms with Crippen molar-refractivity contribution < 1.29 is 9.47 Å². The summed E-state index contributed by atoms with van der Waals surface area (Å²) in [5, 5.41) is 0. The molecule has 1 aromatic heterocycles. The topological polar surface area (TPSA) is 57.4 Å². The van der Waals surface area contributed by atoms with Gasteiger partial charge in [-0.25, -0.2) is 0 Å². The second kappa shape index (κ2) is 5.80. The Morgan fingerprint density at radius 2 is 2.10 bits per heavy atom. The van der Waals surface area contributed by atoms with Crippen molar-refractivity contribution in [3.8, 4) is 0 Å². The normalized spacial score (nSPS) is 27.4. The Kier molecular flexibility index (Phi) is 4.06. The molecule has 4 heteroatoms. The lowest BCUT2D eigenvalue weighted by Gasteiger charge is -2.44. The van der Waals surface area contributed by atoms with Crippen molar-refractivity contribution in [3.05, 3.63) is 29.6 Å². The summed E-state index contributed by atoms with van der Waals surface area (Å²) in [6, 6.07) is 4.21. The number of aryl methyl sites for hydroxylation is 1. The van der Waals surface area contributed by atoms with Crippen molar-refractivity contribution in [2.24, 2.45) is 11.7 Å². The standard InChI is InChI=1S/C16H24N2O2/c1-12-2-3-14(11-18-12)15(17)13-4-7-20-16(10-13)5-8-19-9-6-16/h2-3,11,13,15H,4-10,17H2,1H3. The molecular weight excluding hydrogens is 252 g/mol. The molecule has 0 aromatic carbocycles. The summed E-state index contributed by atoms with van der Waals surface area (Å²) in [4.78, 5) is 4.37. The first kappa shape index (κ1) is 14.0. The Labute approximate surface area is 120 Å². The summed E-state index contributed by atoms with van der Waals surface area (Å²) in [7, 11) is 0. The molecule has 1 aromatic rings. The Bertz CT molecular complexity index is 435.